The highest BCUT2D eigenvalue weighted by Crippen LogP contribution is 2.24. The van der Waals surface area contributed by atoms with Gasteiger partial charge in [0.05, 0.1) is 11.1 Å². The number of aliphatic carboxylic acids is 1. The summed E-state index contributed by atoms with van der Waals surface area (Å²) >= 11 is 0. The number of ether oxygens (including phenoxy) is 2. The zero-order valence-electron chi connectivity index (χ0n) is 22.8. The monoisotopic (exact) mass is 588 g/mol. The van der Waals surface area contributed by atoms with Gasteiger partial charge in [0.25, 0.3) is 11.8 Å². The predicted molar refractivity (Wildman–Crippen MR) is 150 cm³/mol. The van der Waals surface area contributed by atoms with Crippen LogP contribution in [0.3, 0.4) is 0 Å². The fourth-order valence-corrected chi connectivity index (χ4v) is 4.05. The summed E-state index contributed by atoms with van der Waals surface area (Å²) in [5.74, 6) is -3.56. The van der Waals surface area contributed by atoms with Crippen LogP contribution in [0.5, 0.6) is 0 Å². The molecule has 0 saturated carbocycles. The Kier molecular flexibility index (Phi) is 10.2. The number of fused-ring (bicyclic) bond motifs is 1. The van der Waals surface area contributed by atoms with E-state index in [0.29, 0.717) is 16.2 Å². The molecule has 1 atom stereocenters. The highest BCUT2D eigenvalue weighted by atomic mass is 16.7. The molecule has 3 aromatic carbocycles. The van der Waals surface area contributed by atoms with Gasteiger partial charge in [0.2, 0.25) is 5.96 Å². The summed E-state index contributed by atoms with van der Waals surface area (Å²) in [4.78, 5) is 72.2. The number of hydroxylamine groups is 2. The molecule has 13 nitrogen and oxygen atoms in total. The molecule has 13 heteroatoms. The summed E-state index contributed by atoms with van der Waals surface area (Å²) in [6, 6.07) is 23.6. The molecule has 3 aromatic rings. The lowest BCUT2D eigenvalue weighted by Crippen LogP contribution is -2.44. The Morgan fingerprint density at radius 3 is 1.86 bits per heavy atom. The maximum absolute atomic E-state index is 13.0. The average molecular weight is 589 g/mol. The lowest BCUT2D eigenvalue weighted by Gasteiger charge is -2.23. The second-order valence-corrected chi connectivity index (χ2v) is 9.23. The van der Waals surface area contributed by atoms with Gasteiger partial charge in [0.15, 0.2) is 6.10 Å². The summed E-state index contributed by atoms with van der Waals surface area (Å²) in [6.45, 7) is -0.433. The fraction of sp³-hybridized carbons (Fsp3) is 0.200. The number of guanidine groups is 1. The number of aliphatic imine (C=N–C) groups is 1. The van der Waals surface area contributed by atoms with Crippen LogP contribution >= 0.6 is 0 Å². The van der Waals surface area contributed by atoms with Crippen molar-refractivity contribution in [3.8, 4) is 0 Å². The Bertz CT molecular complexity index is 1480. The number of hydrogen-bond acceptors (Lipinski definition) is 8. The van der Waals surface area contributed by atoms with Gasteiger partial charge in [-0.05, 0) is 36.1 Å². The van der Waals surface area contributed by atoms with Crippen molar-refractivity contribution >= 4 is 35.9 Å². The number of nitrogens with zero attached hydrogens (tertiary/aromatic N) is 3. The summed E-state index contributed by atoms with van der Waals surface area (Å²) in [6.07, 6.45) is -3.95. The Hall–Kier alpha value is -5.56. The van der Waals surface area contributed by atoms with E-state index in [0.717, 1.165) is 4.90 Å². The van der Waals surface area contributed by atoms with E-state index in [9.17, 15) is 29.1 Å². The summed E-state index contributed by atoms with van der Waals surface area (Å²) in [5.41, 5.74) is 7.56. The Balaban J connectivity index is 1.41. The third-order valence-electron chi connectivity index (χ3n) is 6.23. The minimum atomic E-state index is -1.63. The van der Waals surface area contributed by atoms with Crippen LogP contribution in [-0.4, -0.2) is 63.6 Å². The molecule has 4 amide bonds. The van der Waals surface area contributed by atoms with Crippen molar-refractivity contribution in [1.29, 1.82) is 0 Å². The zero-order valence-corrected chi connectivity index (χ0v) is 22.8. The van der Waals surface area contributed by atoms with Gasteiger partial charge < -0.3 is 20.3 Å². The first-order chi connectivity index (χ1) is 20.7. The van der Waals surface area contributed by atoms with Crippen LogP contribution in [0.25, 0.3) is 0 Å². The van der Waals surface area contributed by atoms with E-state index in [1.54, 1.807) is 72.8 Å². The molecule has 0 fully saturated rings. The number of imide groups is 1. The topological polar surface area (TPSA) is 178 Å². The quantitative estimate of drug-likeness (QED) is 0.190. The molecular weight excluding hydrogens is 560 g/mol. The maximum atomic E-state index is 13.0. The molecule has 0 spiro atoms. The van der Waals surface area contributed by atoms with E-state index in [-0.39, 0.29) is 43.7 Å². The minimum Gasteiger partial charge on any atom is -0.479 e. The van der Waals surface area contributed by atoms with E-state index in [1.165, 1.54) is 12.1 Å². The van der Waals surface area contributed by atoms with Crippen LogP contribution in [-0.2, 0) is 32.3 Å². The van der Waals surface area contributed by atoms with Crippen LogP contribution in [0.1, 0.15) is 44.7 Å². The first-order valence-corrected chi connectivity index (χ1v) is 13.1. The molecule has 1 aliphatic rings. The van der Waals surface area contributed by atoms with Gasteiger partial charge in [-0.2, -0.15) is 0 Å². The third kappa shape index (κ3) is 8.01. The summed E-state index contributed by atoms with van der Waals surface area (Å²) in [7, 11) is 0. The molecule has 4 rings (SSSR count). The van der Waals surface area contributed by atoms with E-state index in [1.807, 2.05) is 0 Å². The molecule has 0 saturated heterocycles. The number of carboxylic acids is 1. The molecule has 3 N–H and O–H groups in total. The van der Waals surface area contributed by atoms with E-state index in [4.69, 9.17) is 20.0 Å². The molecule has 0 aromatic heterocycles. The number of carbonyl (C=O) groups excluding carboxylic acids is 4. The Morgan fingerprint density at radius 2 is 1.33 bits per heavy atom. The molecule has 222 valence electrons. The fourth-order valence-electron chi connectivity index (χ4n) is 4.05. The van der Waals surface area contributed by atoms with Crippen LogP contribution in [0.2, 0.25) is 0 Å². The first-order valence-electron chi connectivity index (χ1n) is 13.1. The van der Waals surface area contributed by atoms with Gasteiger partial charge in [-0.25, -0.2) is 24.1 Å². The number of carbonyl (C=O) groups is 5. The van der Waals surface area contributed by atoms with Crippen molar-refractivity contribution in [2.45, 2.75) is 32.2 Å². The molecule has 0 radical (unpaired) electrons. The van der Waals surface area contributed by atoms with E-state index in [2.05, 4.69) is 4.99 Å². The first kappa shape index (κ1) is 30.4. The number of nitrogens with two attached hydrogens (primary N) is 1. The number of carboxylic acid groups (broad SMARTS) is 1. The van der Waals surface area contributed by atoms with Crippen molar-refractivity contribution in [1.82, 2.24) is 9.96 Å². The highest BCUT2D eigenvalue weighted by Gasteiger charge is 2.39. The summed E-state index contributed by atoms with van der Waals surface area (Å²) < 4.78 is 10.4. The molecule has 1 heterocycles. The normalized spacial score (nSPS) is 13.3. The molecule has 0 bridgehead atoms. The van der Waals surface area contributed by atoms with Crippen LogP contribution < -0.4 is 5.73 Å². The molecular formula is C30H28N4O9. The predicted octanol–water partition coefficient (Wildman–Crippen LogP) is 3.74. The van der Waals surface area contributed by atoms with E-state index < -0.39 is 42.0 Å². The van der Waals surface area contributed by atoms with Crippen molar-refractivity contribution in [3.63, 3.8) is 0 Å². The highest BCUT2D eigenvalue weighted by molar-refractivity contribution is 6.20. The van der Waals surface area contributed by atoms with Gasteiger partial charge in [-0.1, -0.05) is 72.8 Å². The maximum Gasteiger partial charge on any atom is 0.437 e. The lowest BCUT2D eigenvalue weighted by molar-refractivity contribution is -0.175. The van der Waals surface area contributed by atoms with Gasteiger partial charge in [0, 0.05) is 6.54 Å². The van der Waals surface area contributed by atoms with Crippen molar-refractivity contribution in [2.75, 3.05) is 6.54 Å². The van der Waals surface area contributed by atoms with Crippen molar-refractivity contribution < 1.29 is 43.4 Å². The van der Waals surface area contributed by atoms with Crippen molar-refractivity contribution in [3.05, 3.63) is 107 Å². The third-order valence-corrected chi connectivity index (χ3v) is 6.23. The molecule has 0 aliphatic carbocycles. The SMILES string of the molecule is N/C(=N\C(=O)OCc1ccccc1)N(CCC[C@H](ON1C(=O)c2ccccc2C1=O)C(=O)O)C(=O)OCc1ccccc1. The average Bonchev–Trinajstić information content (AvgIpc) is 3.25. The lowest BCUT2D eigenvalue weighted by atomic mass is 10.1. The van der Waals surface area contributed by atoms with Gasteiger partial charge in [0.1, 0.15) is 13.2 Å². The number of amides is 4. The Labute approximate surface area is 246 Å². The van der Waals surface area contributed by atoms with Crippen LogP contribution in [0.15, 0.2) is 89.9 Å². The largest absolute Gasteiger partial charge is 0.479 e. The molecule has 1 aliphatic heterocycles. The Morgan fingerprint density at radius 1 is 0.814 bits per heavy atom. The van der Waals surface area contributed by atoms with Crippen LogP contribution in [0, 0.1) is 0 Å². The summed E-state index contributed by atoms with van der Waals surface area (Å²) in [5, 5.41) is 10.1. The van der Waals surface area contributed by atoms with Gasteiger partial charge in [-0.15, -0.1) is 10.1 Å². The zero-order chi connectivity index (χ0) is 30.8. The standard InChI is InChI=1S/C30H28N4O9/c31-28(32-29(39)41-18-20-10-3-1-4-11-20)33(30(40)42-19-21-12-5-2-6-13-21)17-9-16-24(27(37)38)43-34-25(35)22-14-7-8-15-23(22)26(34)36/h1-8,10-15,24H,9,16-19H2,(H,37,38)(H2,31,32,39)/t24-/m0/s1. The minimum absolute atomic E-state index is 0.0597. The van der Waals surface area contributed by atoms with Gasteiger partial charge >= 0.3 is 18.2 Å². The molecule has 0 unspecified atom stereocenters. The number of hydrogen-bond donors (Lipinski definition) is 2. The van der Waals surface area contributed by atoms with Crippen molar-refractivity contribution in [2.24, 2.45) is 10.7 Å². The number of benzene rings is 3. The smallest absolute Gasteiger partial charge is 0.437 e. The second kappa shape index (κ2) is 14.4. The molecule has 43 heavy (non-hydrogen) atoms. The van der Waals surface area contributed by atoms with E-state index >= 15 is 0 Å². The second-order valence-electron chi connectivity index (χ2n) is 9.23. The number of rotatable bonds is 11. The van der Waals surface area contributed by atoms with Crippen LogP contribution in [0.4, 0.5) is 9.59 Å². The van der Waals surface area contributed by atoms with Gasteiger partial charge in [-0.3, -0.25) is 9.59 Å².